The Morgan fingerprint density at radius 1 is 1.35 bits per heavy atom. The molecule has 3 aliphatic heterocycles. The van der Waals surface area contributed by atoms with E-state index < -0.39 is 5.97 Å². The molecule has 0 bridgehead atoms. The van der Waals surface area contributed by atoms with Crippen LogP contribution >= 0.6 is 0 Å². The van der Waals surface area contributed by atoms with Gasteiger partial charge in [-0.15, -0.1) is 0 Å². The number of piperidine rings is 1. The van der Waals surface area contributed by atoms with Gasteiger partial charge in [0, 0.05) is 31.0 Å². The van der Waals surface area contributed by atoms with Crippen molar-refractivity contribution in [2.24, 2.45) is 11.8 Å². The number of carbonyl (C=O) groups is 1. The Bertz CT molecular complexity index is 674. The number of nitrogens with zero attached hydrogens (tertiary/aromatic N) is 1. The molecule has 0 saturated carbocycles. The van der Waals surface area contributed by atoms with E-state index in [1.807, 2.05) is 12.1 Å². The number of rotatable bonds is 4. The highest BCUT2D eigenvalue weighted by atomic mass is 16.5. The minimum Gasteiger partial charge on any atom is -0.487 e. The van der Waals surface area contributed by atoms with Gasteiger partial charge in [-0.05, 0) is 51.6 Å². The lowest BCUT2D eigenvalue weighted by molar-refractivity contribution is -0.187. The van der Waals surface area contributed by atoms with E-state index in [2.05, 4.69) is 30.9 Å². The van der Waals surface area contributed by atoms with Crippen molar-refractivity contribution in [3.63, 3.8) is 0 Å². The van der Waals surface area contributed by atoms with Gasteiger partial charge in [-0.25, -0.2) is 0 Å². The number of hydrogen-bond acceptors (Lipinski definition) is 4. The first-order valence-corrected chi connectivity index (χ1v) is 9.81. The lowest BCUT2D eigenvalue weighted by atomic mass is 9.70. The van der Waals surface area contributed by atoms with Gasteiger partial charge in [0.2, 0.25) is 0 Å². The molecule has 0 aromatic heterocycles. The third kappa shape index (κ3) is 3.35. The summed E-state index contributed by atoms with van der Waals surface area (Å²) < 4.78 is 13.0. The zero-order chi connectivity index (χ0) is 18.3. The molecule has 1 aromatic carbocycles. The van der Waals surface area contributed by atoms with Crippen molar-refractivity contribution in [1.29, 1.82) is 0 Å². The van der Waals surface area contributed by atoms with Gasteiger partial charge in [-0.2, -0.15) is 0 Å². The smallest absolute Gasteiger partial charge is 0.303 e. The number of likely N-dealkylation sites (tertiary alicyclic amines) is 1. The number of hydrogen-bond donors (Lipinski definition) is 1. The Balaban J connectivity index is 1.47. The number of carboxylic acid groups (broad SMARTS) is 1. The maximum Gasteiger partial charge on any atom is 0.303 e. The van der Waals surface area contributed by atoms with Crippen LogP contribution in [0.4, 0.5) is 0 Å². The summed E-state index contributed by atoms with van der Waals surface area (Å²) in [6, 6.07) is 8.28. The third-order valence-electron chi connectivity index (χ3n) is 6.35. The van der Waals surface area contributed by atoms with Crippen molar-refractivity contribution in [2.75, 3.05) is 19.6 Å². The van der Waals surface area contributed by atoms with Crippen LogP contribution in [0.2, 0.25) is 0 Å². The fourth-order valence-electron chi connectivity index (χ4n) is 4.99. The summed E-state index contributed by atoms with van der Waals surface area (Å²) >= 11 is 0. The number of fused-ring (bicyclic) bond motifs is 4. The highest BCUT2D eigenvalue weighted by Gasteiger charge is 2.51. The molecule has 5 heteroatoms. The second kappa shape index (κ2) is 6.86. The Morgan fingerprint density at radius 2 is 2.15 bits per heavy atom. The Labute approximate surface area is 155 Å². The molecule has 0 amide bonds. The average Bonchev–Trinajstić information content (AvgIpc) is 2.60. The average molecular weight is 359 g/mol. The molecule has 2 saturated heterocycles. The first kappa shape index (κ1) is 17.8. The molecule has 0 unspecified atom stereocenters. The van der Waals surface area contributed by atoms with Crippen LogP contribution in [-0.4, -0.2) is 47.3 Å². The van der Waals surface area contributed by atoms with Crippen LogP contribution in [0.25, 0.3) is 0 Å². The summed E-state index contributed by atoms with van der Waals surface area (Å²) in [5, 5.41) is 8.85. The topological polar surface area (TPSA) is 59.0 Å². The standard InChI is InChI=1S/C21H29NO4/c1-21(2)16-12-14-13-22(10-5-8-19(23)24)11-9-17(14)25-20(16)15-6-3-4-7-18(15)26-21/h3-4,6-7,14,16-17,20H,5,8-13H2,1-2H3,(H,23,24)/t14-,16-,17-,20+/m1/s1. The highest BCUT2D eigenvalue weighted by Crippen LogP contribution is 2.52. The summed E-state index contributed by atoms with van der Waals surface area (Å²) in [5.41, 5.74) is 0.953. The molecule has 4 atom stereocenters. The van der Waals surface area contributed by atoms with Crippen molar-refractivity contribution in [3.8, 4) is 5.75 Å². The van der Waals surface area contributed by atoms with E-state index in [4.69, 9.17) is 14.6 Å². The monoisotopic (exact) mass is 359 g/mol. The number of ether oxygens (including phenoxy) is 2. The van der Waals surface area contributed by atoms with E-state index in [1.54, 1.807) is 0 Å². The van der Waals surface area contributed by atoms with Crippen molar-refractivity contribution >= 4 is 5.97 Å². The van der Waals surface area contributed by atoms with Crippen molar-refractivity contribution in [3.05, 3.63) is 29.8 Å². The van der Waals surface area contributed by atoms with Crippen molar-refractivity contribution in [2.45, 2.75) is 57.3 Å². The van der Waals surface area contributed by atoms with Crippen LogP contribution < -0.4 is 4.74 Å². The van der Waals surface area contributed by atoms with Gasteiger partial charge in [0.05, 0.1) is 12.2 Å². The summed E-state index contributed by atoms with van der Waals surface area (Å²) in [6.07, 6.45) is 3.53. The molecule has 3 heterocycles. The summed E-state index contributed by atoms with van der Waals surface area (Å²) in [6.45, 7) is 7.23. The molecule has 3 aliphatic rings. The van der Waals surface area contributed by atoms with E-state index in [-0.39, 0.29) is 18.1 Å². The maximum absolute atomic E-state index is 10.7. The van der Waals surface area contributed by atoms with Crippen LogP contribution in [0.1, 0.15) is 51.2 Å². The molecule has 2 fully saturated rings. The number of carboxylic acids is 1. The quantitative estimate of drug-likeness (QED) is 0.892. The van der Waals surface area contributed by atoms with E-state index >= 15 is 0 Å². The molecule has 1 aromatic rings. The zero-order valence-electron chi connectivity index (χ0n) is 15.7. The molecule has 0 radical (unpaired) electrons. The summed E-state index contributed by atoms with van der Waals surface area (Å²) in [7, 11) is 0. The highest BCUT2D eigenvalue weighted by molar-refractivity contribution is 5.66. The number of benzene rings is 1. The van der Waals surface area contributed by atoms with Crippen LogP contribution in [0.3, 0.4) is 0 Å². The van der Waals surface area contributed by atoms with Crippen LogP contribution in [0.15, 0.2) is 24.3 Å². The second-order valence-corrected chi connectivity index (χ2v) is 8.53. The van der Waals surface area contributed by atoms with Gasteiger partial charge in [0.1, 0.15) is 11.4 Å². The predicted molar refractivity (Wildman–Crippen MR) is 98.3 cm³/mol. The Kier molecular flexibility index (Phi) is 4.70. The van der Waals surface area contributed by atoms with E-state index in [0.717, 1.165) is 44.6 Å². The third-order valence-corrected chi connectivity index (χ3v) is 6.35. The van der Waals surface area contributed by atoms with Gasteiger partial charge in [-0.1, -0.05) is 18.2 Å². The molecular formula is C21H29NO4. The van der Waals surface area contributed by atoms with E-state index in [1.165, 1.54) is 5.56 Å². The van der Waals surface area contributed by atoms with Gasteiger partial charge >= 0.3 is 5.97 Å². The molecule has 0 aliphatic carbocycles. The number of para-hydroxylation sites is 1. The Morgan fingerprint density at radius 3 is 2.96 bits per heavy atom. The van der Waals surface area contributed by atoms with Crippen molar-refractivity contribution in [1.82, 2.24) is 4.90 Å². The van der Waals surface area contributed by atoms with Crippen LogP contribution in [0.5, 0.6) is 5.75 Å². The molecule has 1 N–H and O–H groups in total. The van der Waals surface area contributed by atoms with Crippen LogP contribution in [0, 0.1) is 11.8 Å². The van der Waals surface area contributed by atoms with Crippen molar-refractivity contribution < 1.29 is 19.4 Å². The lowest BCUT2D eigenvalue weighted by Crippen LogP contribution is -2.55. The largest absolute Gasteiger partial charge is 0.487 e. The van der Waals surface area contributed by atoms with Gasteiger partial charge in [0.15, 0.2) is 0 Å². The predicted octanol–water partition coefficient (Wildman–Crippen LogP) is 3.49. The van der Waals surface area contributed by atoms with E-state index in [9.17, 15) is 4.79 Å². The molecule has 0 spiro atoms. The zero-order valence-corrected chi connectivity index (χ0v) is 15.7. The summed E-state index contributed by atoms with van der Waals surface area (Å²) in [4.78, 5) is 13.2. The first-order valence-electron chi connectivity index (χ1n) is 9.81. The van der Waals surface area contributed by atoms with Gasteiger partial charge in [0.25, 0.3) is 0 Å². The Hall–Kier alpha value is -1.59. The molecule has 5 nitrogen and oxygen atoms in total. The molecule has 26 heavy (non-hydrogen) atoms. The SMILES string of the molecule is CC1(C)Oc2ccccc2[C@@H]2O[C@@H]3CCN(CCCC(=O)O)C[C@H]3C[C@H]21. The minimum absolute atomic E-state index is 0.120. The van der Waals surface area contributed by atoms with Gasteiger partial charge in [-0.3, -0.25) is 4.79 Å². The fourth-order valence-corrected chi connectivity index (χ4v) is 4.99. The normalized spacial score (nSPS) is 32.7. The first-order chi connectivity index (χ1) is 12.4. The van der Waals surface area contributed by atoms with E-state index in [0.29, 0.717) is 17.9 Å². The fraction of sp³-hybridized carbons (Fsp3) is 0.667. The number of aliphatic carboxylic acids is 1. The maximum atomic E-state index is 10.7. The summed E-state index contributed by atoms with van der Waals surface area (Å²) in [5.74, 6) is 1.10. The molecular weight excluding hydrogens is 330 g/mol. The van der Waals surface area contributed by atoms with Crippen LogP contribution in [-0.2, 0) is 9.53 Å². The second-order valence-electron chi connectivity index (χ2n) is 8.53. The minimum atomic E-state index is -0.705. The van der Waals surface area contributed by atoms with Gasteiger partial charge < -0.3 is 19.5 Å². The molecule has 4 rings (SSSR count). The molecule has 142 valence electrons. The lowest BCUT2D eigenvalue weighted by Gasteiger charge is -2.53.